The van der Waals surface area contributed by atoms with Gasteiger partial charge in [0.2, 0.25) is 0 Å². The minimum Gasteiger partial charge on any atom is -0.340 e. The first-order valence-electron chi connectivity index (χ1n) is 6.58. The normalized spacial score (nSPS) is 16.0. The molecule has 0 spiro atoms. The summed E-state index contributed by atoms with van der Waals surface area (Å²) in [6.07, 6.45) is 4.18. The molecule has 1 aromatic carbocycles. The highest BCUT2D eigenvalue weighted by Crippen LogP contribution is 2.31. The lowest BCUT2D eigenvalue weighted by Gasteiger charge is -1.98. The lowest BCUT2D eigenvalue weighted by atomic mass is 10.1. The van der Waals surface area contributed by atoms with Gasteiger partial charge in [-0.25, -0.2) is 4.98 Å². The van der Waals surface area contributed by atoms with Crippen molar-refractivity contribution < 1.29 is 4.79 Å². The van der Waals surface area contributed by atoms with Gasteiger partial charge in [0.1, 0.15) is 5.65 Å². The fraction of sp³-hybridized carbons (Fsp3) is 0.0588. The van der Waals surface area contributed by atoms with Crippen LogP contribution in [-0.4, -0.2) is 15.8 Å². The lowest BCUT2D eigenvalue weighted by Crippen LogP contribution is -1.93. The molecule has 2 heterocycles. The van der Waals surface area contributed by atoms with E-state index >= 15 is 0 Å². The van der Waals surface area contributed by atoms with Crippen molar-refractivity contribution in [2.24, 2.45) is 0 Å². The van der Waals surface area contributed by atoms with Gasteiger partial charge in [0.25, 0.3) is 0 Å². The molecular weight excluding hydrogens is 248 g/mol. The third-order valence-electron chi connectivity index (χ3n) is 3.67. The second-order valence-electron chi connectivity index (χ2n) is 4.98. The first kappa shape index (κ1) is 11.2. The number of aromatic nitrogens is 2. The van der Waals surface area contributed by atoms with Gasteiger partial charge in [-0.05, 0) is 35.4 Å². The Kier molecular flexibility index (Phi) is 2.33. The van der Waals surface area contributed by atoms with E-state index in [1.54, 1.807) is 6.20 Å². The molecule has 0 fully saturated rings. The van der Waals surface area contributed by atoms with Crippen LogP contribution in [0.3, 0.4) is 0 Å². The summed E-state index contributed by atoms with van der Waals surface area (Å²) >= 11 is 0. The van der Waals surface area contributed by atoms with Crippen LogP contribution in [0.5, 0.6) is 0 Å². The molecule has 0 unspecified atom stereocenters. The average molecular weight is 260 g/mol. The van der Waals surface area contributed by atoms with Crippen LogP contribution in [-0.2, 0) is 11.2 Å². The second kappa shape index (κ2) is 4.17. The molecule has 1 N–H and O–H groups in total. The molecule has 3 nitrogen and oxygen atoms in total. The standard InChI is InChI=1S/C17H12N2O/c20-16-9-11-4-1-2-6-14(11)15(16)10-13-8-12-5-3-7-18-17(12)19-13/h1-8,10H,9H2,(H,18,19)/b15-10-. The van der Waals surface area contributed by atoms with Crippen LogP contribution in [0.25, 0.3) is 22.7 Å². The number of carbonyl (C=O) groups is 1. The van der Waals surface area contributed by atoms with Crippen molar-refractivity contribution in [3.8, 4) is 0 Å². The van der Waals surface area contributed by atoms with Gasteiger partial charge in [-0.3, -0.25) is 4.79 Å². The van der Waals surface area contributed by atoms with Gasteiger partial charge in [-0.1, -0.05) is 24.3 Å². The minimum atomic E-state index is 0.179. The molecule has 0 saturated heterocycles. The highest BCUT2D eigenvalue weighted by Gasteiger charge is 2.23. The van der Waals surface area contributed by atoms with Gasteiger partial charge >= 0.3 is 0 Å². The number of pyridine rings is 1. The lowest BCUT2D eigenvalue weighted by molar-refractivity contribution is -0.112. The van der Waals surface area contributed by atoms with Crippen molar-refractivity contribution in [2.45, 2.75) is 6.42 Å². The van der Waals surface area contributed by atoms with Gasteiger partial charge in [-0.2, -0.15) is 0 Å². The maximum absolute atomic E-state index is 12.2. The maximum atomic E-state index is 12.2. The number of benzene rings is 1. The third-order valence-corrected chi connectivity index (χ3v) is 3.67. The Hall–Kier alpha value is -2.68. The highest BCUT2D eigenvalue weighted by atomic mass is 16.1. The molecule has 0 saturated carbocycles. The van der Waals surface area contributed by atoms with E-state index in [4.69, 9.17) is 0 Å². The van der Waals surface area contributed by atoms with Crippen molar-refractivity contribution in [3.05, 3.63) is 65.5 Å². The maximum Gasteiger partial charge on any atom is 0.167 e. The molecule has 20 heavy (non-hydrogen) atoms. The number of allylic oxidation sites excluding steroid dienone is 1. The highest BCUT2D eigenvalue weighted by molar-refractivity contribution is 6.29. The Balaban J connectivity index is 1.85. The molecule has 1 aliphatic rings. The molecule has 1 aliphatic carbocycles. The van der Waals surface area contributed by atoms with E-state index in [0.29, 0.717) is 6.42 Å². The fourth-order valence-corrected chi connectivity index (χ4v) is 2.73. The molecule has 0 atom stereocenters. The van der Waals surface area contributed by atoms with E-state index in [-0.39, 0.29) is 5.78 Å². The molecule has 3 heteroatoms. The molecule has 3 aromatic rings. The van der Waals surface area contributed by atoms with E-state index < -0.39 is 0 Å². The number of H-pyrrole nitrogens is 1. The van der Waals surface area contributed by atoms with Crippen LogP contribution in [0.4, 0.5) is 0 Å². The van der Waals surface area contributed by atoms with Crippen molar-refractivity contribution >= 4 is 28.5 Å². The summed E-state index contributed by atoms with van der Waals surface area (Å²) in [6, 6.07) is 13.9. The number of ketones is 1. The van der Waals surface area contributed by atoms with Gasteiger partial charge in [-0.15, -0.1) is 0 Å². The van der Waals surface area contributed by atoms with Gasteiger partial charge < -0.3 is 4.98 Å². The minimum absolute atomic E-state index is 0.179. The van der Waals surface area contributed by atoms with E-state index in [1.807, 2.05) is 48.5 Å². The van der Waals surface area contributed by atoms with E-state index in [1.165, 1.54) is 0 Å². The number of carbonyl (C=O) groups excluding carboxylic acids is 1. The summed E-state index contributed by atoms with van der Waals surface area (Å²) in [5.41, 5.74) is 4.70. The summed E-state index contributed by atoms with van der Waals surface area (Å²) in [6.45, 7) is 0. The van der Waals surface area contributed by atoms with Gasteiger partial charge in [0.15, 0.2) is 5.78 Å². The number of hydrogen-bond acceptors (Lipinski definition) is 2. The number of nitrogens with zero attached hydrogens (tertiary/aromatic N) is 1. The number of aromatic amines is 1. The predicted octanol–water partition coefficient (Wildman–Crippen LogP) is 3.23. The summed E-state index contributed by atoms with van der Waals surface area (Å²) < 4.78 is 0. The summed E-state index contributed by atoms with van der Waals surface area (Å²) in [5, 5.41) is 1.05. The van der Waals surface area contributed by atoms with Crippen molar-refractivity contribution in [1.82, 2.24) is 9.97 Å². The van der Waals surface area contributed by atoms with Crippen LogP contribution in [0.1, 0.15) is 16.8 Å². The summed E-state index contributed by atoms with van der Waals surface area (Å²) in [7, 11) is 0. The Morgan fingerprint density at radius 2 is 2.05 bits per heavy atom. The predicted molar refractivity (Wildman–Crippen MR) is 79.1 cm³/mol. The second-order valence-corrected chi connectivity index (χ2v) is 4.98. The van der Waals surface area contributed by atoms with Crippen LogP contribution in [0, 0.1) is 0 Å². The van der Waals surface area contributed by atoms with E-state index in [0.717, 1.165) is 33.4 Å². The summed E-state index contributed by atoms with van der Waals surface area (Å²) in [5.74, 6) is 0.179. The zero-order chi connectivity index (χ0) is 13.5. The van der Waals surface area contributed by atoms with Crippen molar-refractivity contribution in [2.75, 3.05) is 0 Å². The smallest absolute Gasteiger partial charge is 0.167 e. The fourth-order valence-electron chi connectivity index (χ4n) is 2.73. The molecule has 2 aromatic heterocycles. The number of fused-ring (bicyclic) bond motifs is 2. The van der Waals surface area contributed by atoms with Gasteiger partial charge in [0.05, 0.1) is 0 Å². The molecular formula is C17H12N2O. The topological polar surface area (TPSA) is 45.8 Å². The molecule has 0 radical (unpaired) electrons. The zero-order valence-electron chi connectivity index (χ0n) is 10.8. The molecule has 4 rings (SSSR count). The van der Waals surface area contributed by atoms with Crippen LogP contribution >= 0.6 is 0 Å². The quantitative estimate of drug-likeness (QED) is 0.683. The SMILES string of the molecule is O=C1Cc2ccccc2/C1=C/c1cc2cccnc2[nH]1. The number of Topliss-reactive ketones (excluding diaryl/α,β-unsaturated/α-hetero) is 1. The number of nitrogens with one attached hydrogen (secondary N) is 1. The van der Waals surface area contributed by atoms with Crippen LogP contribution < -0.4 is 0 Å². The first-order chi connectivity index (χ1) is 9.81. The van der Waals surface area contributed by atoms with E-state index in [9.17, 15) is 4.79 Å². The Morgan fingerprint density at radius 1 is 1.15 bits per heavy atom. The summed E-state index contributed by atoms with van der Waals surface area (Å²) in [4.78, 5) is 19.7. The Labute approximate surface area is 116 Å². The van der Waals surface area contributed by atoms with Crippen molar-refractivity contribution in [3.63, 3.8) is 0 Å². The van der Waals surface area contributed by atoms with Crippen molar-refractivity contribution in [1.29, 1.82) is 0 Å². The third kappa shape index (κ3) is 1.67. The molecule has 96 valence electrons. The van der Waals surface area contributed by atoms with E-state index in [2.05, 4.69) is 9.97 Å². The monoisotopic (exact) mass is 260 g/mol. The largest absolute Gasteiger partial charge is 0.340 e. The number of rotatable bonds is 1. The molecule has 0 aliphatic heterocycles. The molecule has 0 bridgehead atoms. The Morgan fingerprint density at radius 3 is 2.95 bits per heavy atom. The van der Waals surface area contributed by atoms with Gasteiger partial charge in [0, 0.05) is 29.3 Å². The molecule has 0 amide bonds. The van der Waals surface area contributed by atoms with Crippen LogP contribution in [0.2, 0.25) is 0 Å². The number of hydrogen-bond donors (Lipinski definition) is 1. The average Bonchev–Trinajstić information content (AvgIpc) is 3.00. The van der Waals surface area contributed by atoms with Crippen LogP contribution in [0.15, 0.2) is 48.7 Å². The first-order valence-corrected chi connectivity index (χ1v) is 6.58. The zero-order valence-corrected chi connectivity index (χ0v) is 10.8. The Bertz CT molecular complexity index is 825.